The Morgan fingerprint density at radius 3 is 2.96 bits per heavy atom. The normalized spacial score (nSPS) is 18.5. The molecule has 1 N–H and O–H groups in total. The fraction of sp³-hybridized carbons (Fsp3) is 0.611. The predicted molar refractivity (Wildman–Crippen MR) is 91.0 cm³/mol. The number of carbonyl (C=O) groups is 1. The van der Waals surface area contributed by atoms with Crippen LogP contribution in [0.4, 0.5) is 0 Å². The Morgan fingerprint density at radius 2 is 2.25 bits per heavy atom. The number of nitrogens with zero attached hydrogens (tertiary/aromatic N) is 3. The zero-order valence-corrected chi connectivity index (χ0v) is 14.6. The summed E-state index contributed by atoms with van der Waals surface area (Å²) in [5.41, 5.74) is 2.56. The Morgan fingerprint density at radius 1 is 1.46 bits per heavy atom. The second-order valence-electron chi connectivity index (χ2n) is 6.86. The number of rotatable bonds is 4. The summed E-state index contributed by atoms with van der Waals surface area (Å²) >= 11 is 0. The van der Waals surface area contributed by atoms with Crippen LogP contribution in [-0.4, -0.2) is 45.2 Å². The number of aliphatic hydroxyl groups is 1. The first-order valence-corrected chi connectivity index (χ1v) is 8.71. The molecule has 0 aliphatic carbocycles. The van der Waals surface area contributed by atoms with E-state index in [1.807, 2.05) is 31.7 Å². The summed E-state index contributed by atoms with van der Waals surface area (Å²) in [4.78, 5) is 19.7. The van der Waals surface area contributed by atoms with Gasteiger partial charge in [0.1, 0.15) is 0 Å². The van der Waals surface area contributed by atoms with E-state index in [1.165, 1.54) is 0 Å². The first-order chi connectivity index (χ1) is 11.5. The lowest BCUT2D eigenvalue weighted by Crippen LogP contribution is -2.44. The van der Waals surface area contributed by atoms with Gasteiger partial charge in [-0.3, -0.25) is 4.79 Å². The van der Waals surface area contributed by atoms with Gasteiger partial charge in [-0.05, 0) is 44.6 Å². The summed E-state index contributed by atoms with van der Waals surface area (Å²) in [6, 6.07) is 1.98. The van der Waals surface area contributed by atoms with Gasteiger partial charge in [-0.1, -0.05) is 19.0 Å². The largest absolute Gasteiger partial charge is 0.396 e. The molecule has 1 aliphatic heterocycles. The van der Waals surface area contributed by atoms with Crippen LogP contribution in [0.5, 0.6) is 0 Å². The number of fused-ring (bicyclic) bond motifs is 1. The summed E-state index contributed by atoms with van der Waals surface area (Å²) < 4.78 is 5.32. The molecule has 3 heterocycles. The van der Waals surface area contributed by atoms with Crippen LogP contribution >= 0.6 is 0 Å². The van der Waals surface area contributed by atoms with Crippen LogP contribution in [0, 0.1) is 6.92 Å². The van der Waals surface area contributed by atoms with Crippen molar-refractivity contribution < 1.29 is 14.4 Å². The second kappa shape index (κ2) is 6.89. The molecule has 6 nitrogen and oxygen atoms in total. The molecular weight excluding hydrogens is 306 g/mol. The van der Waals surface area contributed by atoms with E-state index in [0.29, 0.717) is 28.8 Å². The van der Waals surface area contributed by atoms with E-state index in [-0.39, 0.29) is 24.5 Å². The highest BCUT2D eigenvalue weighted by molar-refractivity contribution is 6.06. The van der Waals surface area contributed by atoms with E-state index in [9.17, 15) is 9.90 Å². The number of hydrogen-bond acceptors (Lipinski definition) is 5. The molecule has 1 saturated heterocycles. The lowest BCUT2D eigenvalue weighted by molar-refractivity contribution is 0.0576. The molecule has 0 bridgehead atoms. The van der Waals surface area contributed by atoms with Crippen LogP contribution in [-0.2, 0) is 0 Å². The van der Waals surface area contributed by atoms with Gasteiger partial charge in [0.2, 0.25) is 0 Å². The Bertz CT molecular complexity index is 736. The minimum atomic E-state index is -0.00579. The van der Waals surface area contributed by atoms with E-state index in [1.54, 1.807) is 0 Å². The molecule has 1 aliphatic rings. The Kier molecular flexibility index (Phi) is 4.85. The molecule has 1 atom stereocenters. The number of pyridine rings is 1. The average molecular weight is 331 g/mol. The van der Waals surface area contributed by atoms with Crippen LogP contribution < -0.4 is 0 Å². The SMILES string of the molecule is Cc1noc2nc(C(C)C)cc(C(=O)N3CCCCC3CCO)c12. The van der Waals surface area contributed by atoms with Gasteiger partial charge < -0.3 is 14.5 Å². The molecule has 1 unspecified atom stereocenters. The molecule has 2 aromatic rings. The third-order valence-corrected chi connectivity index (χ3v) is 4.81. The summed E-state index contributed by atoms with van der Waals surface area (Å²) in [5.74, 6) is 0.190. The van der Waals surface area contributed by atoms with Gasteiger partial charge >= 0.3 is 0 Å². The maximum Gasteiger partial charge on any atom is 0.259 e. The van der Waals surface area contributed by atoms with Crippen molar-refractivity contribution in [1.29, 1.82) is 0 Å². The van der Waals surface area contributed by atoms with E-state index >= 15 is 0 Å². The summed E-state index contributed by atoms with van der Waals surface area (Å²) in [6.45, 7) is 6.75. The van der Waals surface area contributed by atoms with E-state index in [2.05, 4.69) is 10.1 Å². The summed E-state index contributed by atoms with van der Waals surface area (Å²) in [7, 11) is 0. The molecule has 0 aromatic carbocycles. The number of likely N-dealkylation sites (tertiary alicyclic amines) is 1. The highest BCUT2D eigenvalue weighted by atomic mass is 16.5. The summed E-state index contributed by atoms with van der Waals surface area (Å²) in [6.07, 6.45) is 3.67. The third-order valence-electron chi connectivity index (χ3n) is 4.81. The van der Waals surface area contributed by atoms with Crippen molar-refractivity contribution >= 4 is 17.0 Å². The first kappa shape index (κ1) is 16.9. The number of aryl methyl sites for hydroxylation is 1. The Hall–Kier alpha value is -1.95. The van der Waals surface area contributed by atoms with Crippen molar-refractivity contribution in [3.05, 3.63) is 23.0 Å². The smallest absolute Gasteiger partial charge is 0.259 e. The van der Waals surface area contributed by atoms with Crippen molar-refractivity contribution in [3.8, 4) is 0 Å². The molecule has 3 rings (SSSR count). The number of hydrogen-bond donors (Lipinski definition) is 1. The molecule has 1 amide bonds. The van der Waals surface area contributed by atoms with Crippen molar-refractivity contribution in [3.63, 3.8) is 0 Å². The standard InChI is InChI=1S/C18H25N3O3/c1-11(2)15-10-14(16-12(3)20-24-17(16)19-15)18(23)21-8-5-4-6-13(21)7-9-22/h10-11,13,22H,4-9H2,1-3H3. The first-order valence-electron chi connectivity index (χ1n) is 8.71. The molecule has 6 heteroatoms. The van der Waals surface area contributed by atoms with Gasteiger partial charge in [-0.15, -0.1) is 0 Å². The molecule has 0 radical (unpaired) electrons. The third kappa shape index (κ3) is 3.02. The zero-order valence-electron chi connectivity index (χ0n) is 14.6. The fourth-order valence-electron chi connectivity index (χ4n) is 3.45. The van der Waals surface area contributed by atoms with Gasteiger partial charge in [0.15, 0.2) is 0 Å². The highest BCUT2D eigenvalue weighted by Gasteiger charge is 2.30. The predicted octanol–water partition coefficient (Wildman–Crippen LogP) is 3.03. The van der Waals surface area contributed by atoms with Gasteiger partial charge in [0.25, 0.3) is 11.6 Å². The zero-order chi connectivity index (χ0) is 17.3. The second-order valence-corrected chi connectivity index (χ2v) is 6.86. The van der Waals surface area contributed by atoms with Crippen LogP contribution in [0.15, 0.2) is 10.6 Å². The molecule has 24 heavy (non-hydrogen) atoms. The average Bonchev–Trinajstić information content (AvgIpc) is 2.95. The van der Waals surface area contributed by atoms with Crippen molar-refractivity contribution in [2.24, 2.45) is 0 Å². The van der Waals surface area contributed by atoms with Gasteiger partial charge in [-0.25, -0.2) is 4.98 Å². The summed E-state index contributed by atoms with van der Waals surface area (Å²) in [5, 5.41) is 14.0. The maximum atomic E-state index is 13.3. The molecule has 0 saturated carbocycles. The number of aromatic nitrogens is 2. The monoisotopic (exact) mass is 331 g/mol. The molecule has 1 fully saturated rings. The van der Waals surface area contributed by atoms with Gasteiger partial charge in [0, 0.05) is 24.9 Å². The molecular formula is C18H25N3O3. The van der Waals surface area contributed by atoms with Gasteiger partial charge in [0.05, 0.1) is 16.6 Å². The van der Waals surface area contributed by atoms with Gasteiger partial charge in [-0.2, -0.15) is 0 Å². The topological polar surface area (TPSA) is 79.5 Å². The lowest BCUT2D eigenvalue weighted by Gasteiger charge is -2.35. The van der Waals surface area contributed by atoms with Crippen LogP contribution in [0.2, 0.25) is 0 Å². The number of piperidine rings is 1. The minimum Gasteiger partial charge on any atom is -0.396 e. The van der Waals surface area contributed by atoms with E-state index in [0.717, 1.165) is 31.5 Å². The quantitative estimate of drug-likeness (QED) is 0.931. The Balaban J connectivity index is 2.06. The molecule has 2 aromatic heterocycles. The van der Waals surface area contributed by atoms with Crippen molar-refractivity contribution in [2.45, 2.75) is 58.4 Å². The molecule has 0 spiro atoms. The van der Waals surface area contributed by atoms with Crippen LogP contribution in [0.1, 0.15) is 67.2 Å². The molecule has 130 valence electrons. The minimum absolute atomic E-state index is 0.00579. The number of aliphatic hydroxyl groups excluding tert-OH is 1. The van der Waals surface area contributed by atoms with E-state index in [4.69, 9.17) is 4.52 Å². The van der Waals surface area contributed by atoms with Crippen LogP contribution in [0.3, 0.4) is 0 Å². The highest BCUT2D eigenvalue weighted by Crippen LogP contribution is 2.29. The number of carbonyl (C=O) groups excluding carboxylic acids is 1. The van der Waals surface area contributed by atoms with Crippen molar-refractivity contribution in [2.75, 3.05) is 13.2 Å². The number of amides is 1. The van der Waals surface area contributed by atoms with Crippen molar-refractivity contribution in [1.82, 2.24) is 15.0 Å². The maximum absolute atomic E-state index is 13.3. The Labute approximate surface area is 141 Å². The fourth-order valence-corrected chi connectivity index (χ4v) is 3.45. The van der Waals surface area contributed by atoms with Crippen LogP contribution in [0.25, 0.3) is 11.1 Å². The lowest BCUT2D eigenvalue weighted by atomic mass is 9.97. The van der Waals surface area contributed by atoms with E-state index < -0.39 is 0 Å².